The molecule has 0 aliphatic carbocycles. The second-order valence-corrected chi connectivity index (χ2v) is 1.68. The molecule has 48 valence electrons. The third kappa shape index (κ3) is 25.4. The first-order chi connectivity index (χ1) is 2.56. The fourth-order valence-corrected chi connectivity index (χ4v) is 0. The Hall–Kier alpha value is 2.17. The zero-order valence-electron chi connectivity index (χ0n) is 2.54. The molecule has 0 heterocycles. The van der Waals surface area contributed by atoms with Crippen LogP contribution in [-0.4, -0.2) is 75.6 Å². The van der Waals surface area contributed by atoms with Crippen molar-refractivity contribution in [1.29, 1.82) is 0 Å². The van der Waals surface area contributed by atoms with E-state index in [1.54, 1.807) is 0 Å². The molecule has 0 amide bonds. The molecule has 9 heteroatoms. The minimum absolute atomic E-state index is 0. The van der Waals surface area contributed by atoms with Crippen molar-refractivity contribution >= 4 is 73.6 Å². The summed E-state index contributed by atoms with van der Waals surface area (Å²) in [6, 6.07) is 0. The van der Waals surface area contributed by atoms with Crippen LogP contribution in [0.15, 0.2) is 0 Å². The van der Waals surface area contributed by atoms with Gasteiger partial charge in [0.1, 0.15) is 0 Å². The SMILES string of the molecule is O=P(O)(O)OF.[AlH3].[LiH].[NaH]. The van der Waals surface area contributed by atoms with Gasteiger partial charge in [0.2, 0.25) is 0 Å². The van der Waals surface area contributed by atoms with E-state index in [1.165, 1.54) is 0 Å². The second kappa shape index (κ2) is 10.2. The number of halogens is 1. The predicted octanol–water partition coefficient (Wildman–Crippen LogP) is -2.50. The van der Waals surface area contributed by atoms with Crippen LogP contribution in [-0.2, 0) is 9.29 Å². The van der Waals surface area contributed by atoms with Crippen LogP contribution in [0.4, 0.5) is 4.53 Å². The van der Waals surface area contributed by atoms with Crippen LogP contribution in [0.5, 0.6) is 0 Å². The molecule has 0 spiro atoms. The first-order valence-corrected chi connectivity index (χ1v) is 2.45. The first kappa shape index (κ1) is 22.5. The van der Waals surface area contributed by atoms with Crippen LogP contribution in [0.3, 0.4) is 0 Å². The molecular formula is H7AlFLiNaO4P. The van der Waals surface area contributed by atoms with E-state index in [0.29, 0.717) is 0 Å². The van der Waals surface area contributed by atoms with Gasteiger partial charge in [-0.05, 0) is 4.53 Å². The van der Waals surface area contributed by atoms with Gasteiger partial charge in [-0.15, -0.1) is 0 Å². The van der Waals surface area contributed by atoms with Crippen LogP contribution < -0.4 is 0 Å². The van der Waals surface area contributed by atoms with Crippen LogP contribution in [0.25, 0.3) is 0 Å². The summed E-state index contributed by atoms with van der Waals surface area (Å²) in [5, 5.41) is 0. The van der Waals surface area contributed by atoms with Crippen molar-refractivity contribution in [1.82, 2.24) is 0 Å². The van der Waals surface area contributed by atoms with Gasteiger partial charge in [-0.1, -0.05) is 4.73 Å². The van der Waals surface area contributed by atoms with Gasteiger partial charge in [-0.3, -0.25) is 0 Å². The second-order valence-electron chi connectivity index (χ2n) is 0.560. The van der Waals surface area contributed by atoms with Crippen LogP contribution in [0.2, 0.25) is 0 Å². The van der Waals surface area contributed by atoms with Crippen molar-refractivity contribution in [3.8, 4) is 0 Å². The van der Waals surface area contributed by atoms with E-state index in [0.717, 1.165) is 0 Å². The number of hydrogen-bond donors (Lipinski definition) is 2. The summed E-state index contributed by atoms with van der Waals surface area (Å²) in [5.41, 5.74) is 0. The topological polar surface area (TPSA) is 66.8 Å². The van der Waals surface area contributed by atoms with Crippen molar-refractivity contribution in [2.75, 3.05) is 0 Å². The Bertz CT molecular complexity index is 84.6. The Morgan fingerprint density at radius 3 is 1.56 bits per heavy atom. The van der Waals surface area contributed by atoms with E-state index in [4.69, 9.17) is 14.4 Å². The molecular weight excluding hydrogens is 171 g/mol. The Morgan fingerprint density at radius 1 is 1.44 bits per heavy atom. The van der Waals surface area contributed by atoms with Gasteiger partial charge in [0.25, 0.3) is 0 Å². The molecule has 2 N–H and O–H groups in total. The summed E-state index contributed by atoms with van der Waals surface area (Å²) in [7, 11) is -4.81. The summed E-state index contributed by atoms with van der Waals surface area (Å²) in [4.78, 5) is 14.7. The number of rotatable bonds is 1. The molecule has 0 aromatic heterocycles. The van der Waals surface area contributed by atoms with Crippen molar-refractivity contribution in [2.24, 2.45) is 0 Å². The van der Waals surface area contributed by atoms with Gasteiger partial charge in [0, 0.05) is 0 Å². The van der Waals surface area contributed by atoms with E-state index < -0.39 is 7.82 Å². The summed E-state index contributed by atoms with van der Waals surface area (Å²) < 4.78 is 21.4. The van der Waals surface area contributed by atoms with Crippen LogP contribution in [0, 0.1) is 0 Å². The van der Waals surface area contributed by atoms with Crippen LogP contribution >= 0.6 is 7.82 Å². The van der Waals surface area contributed by atoms with Gasteiger partial charge >= 0.3 is 56.2 Å². The summed E-state index contributed by atoms with van der Waals surface area (Å²) >= 11 is 0. The standard InChI is InChI=1S/Al.FH2O4P.Li.Na.5H/c;1-5-6(2,3)4;;;;;;;/h;(H2,2,3,4);;;;;;;. The molecule has 0 aliphatic heterocycles. The third-order valence-corrected chi connectivity index (χ3v) is 0.270. The Kier molecular flexibility index (Phi) is 25.4. The van der Waals surface area contributed by atoms with Gasteiger partial charge < -0.3 is 9.79 Å². The molecule has 0 atom stereocenters. The number of phosphoric acid groups is 1. The molecule has 0 rings (SSSR count). The molecule has 0 radical (unpaired) electrons. The van der Waals surface area contributed by atoms with Crippen molar-refractivity contribution < 1.29 is 23.6 Å². The minimum atomic E-state index is -4.81. The molecule has 0 bridgehead atoms. The Morgan fingerprint density at radius 2 is 1.56 bits per heavy atom. The summed E-state index contributed by atoms with van der Waals surface area (Å²) in [5.74, 6) is 0. The monoisotopic (exact) mass is 178 g/mol. The van der Waals surface area contributed by atoms with Gasteiger partial charge in [-0.2, -0.15) is 0 Å². The van der Waals surface area contributed by atoms with E-state index in [2.05, 4.69) is 4.73 Å². The predicted molar refractivity (Wildman–Crippen MR) is 38.5 cm³/mol. The van der Waals surface area contributed by atoms with E-state index in [1.807, 2.05) is 0 Å². The molecule has 0 aliphatic rings. The van der Waals surface area contributed by atoms with E-state index in [9.17, 15) is 4.53 Å². The van der Waals surface area contributed by atoms with E-state index >= 15 is 0 Å². The van der Waals surface area contributed by atoms with Crippen molar-refractivity contribution in [3.05, 3.63) is 0 Å². The third-order valence-electron chi connectivity index (χ3n) is 0.0899. The molecule has 4 nitrogen and oxygen atoms in total. The average molecular weight is 178 g/mol. The molecule has 0 unspecified atom stereocenters. The van der Waals surface area contributed by atoms with Gasteiger partial charge in [-0.25, -0.2) is 4.57 Å². The van der Waals surface area contributed by atoms with Gasteiger partial charge in [0.15, 0.2) is 17.4 Å². The fraction of sp³-hybridized carbons (Fsp3) is 0. The molecule has 0 saturated carbocycles. The van der Waals surface area contributed by atoms with Crippen molar-refractivity contribution in [3.63, 3.8) is 0 Å². The molecule has 0 aromatic carbocycles. The fourth-order valence-electron chi connectivity index (χ4n) is 0. The van der Waals surface area contributed by atoms with E-state index in [-0.39, 0.29) is 65.8 Å². The average Bonchev–Trinajstić information content (AvgIpc) is 1.35. The molecule has 0 saturated heterocycles. The Balaban J connectivity index is -0.0000000417. The molecule has 0 fully saturated rings. The Labute approximate surface area is 96.3 Å². The normalized spacial score (nSPS) is 7.89. The zero-order chi connectivity index (χ0) is 5.21. The van der Waals surface area contributed by atoms with Crippen LogP contribution in [0.1, 0.15) is 0 Å². The molecule has 9 heavy (non-hydrogen) atoms. The quantitative estimate of drug-likeness (QED) is 0.344. The first-order valence-electron chi connectivity index (χ1n) is 0.919. The van der Waals surface area contributed by atoms with Crippen molar-refractivity contribution in [2.45, 2.75) is 0 Å². The maximum atomic E-state index is 10.2. The van der Waals surface area contributed by atoms with Gasteiger partial charge in [0.05, 0.1) is 0 Å². The maximum absolute atomic E-state index is 10.2. The number of hydrogen-bond acceptors (Lipinski definition) is 2. The summed E-state index contributed by atoms with van der Waals surface area (Å²) in [6.45, 7) is 0. The summed E-state index contributed by atoms with van der Waals surface area (Å²) in [6.07, 6.45) is 0. The zero-order valence-corrected chi connectivity index (χ0v) is 3.43. The molecule has 0 aromatic rings.